The molecular weight excluding hydrogens is 328 g/mol. The summed E-state index contributed by atoms with van der Waals surface area (Å²) in [5.74, 6) is 0.0714. The number of aryl methyl sites for hydroxylation is 1. The van der Waals surface area contributed by atoms with Gasteiger partial charge in [-0.1, -0.05) is 19.1 Å². The maximum Gasteiger partial charge on any atom is 0.340 e. The minimum atomic E-state index is -3.97. The largest absolute Gasteiger partial charge is 0.379 e. The molecule has 0 atom stereocenters. The molecule has 0 unspecified atom stereocenters. The van der Waals surface area contributed by atoms with Crippen molar-refractivity contribution in [3.05, 3.63) is 47.8 Å². The standard InChI is InChI=1S/C17H20N2O4S/c1-2-13-5-7-14(8-6-13)23-24(21,22)15-11-16(18-12-15)17(20)19-9-3-4-10-19/h5-8,11-12,18H,2-4,9-10H2,1H3. The van der Waals surface area contributed by atoms with E-state index in [1.807, 2.05) is 19.1 Å². The van der Waals surface area contributed by atoms with Crippen molar-refractivity contribution >= 4 is 16.0 Å². The average molecular weight is 348 g/mol. The summed E-state index contributed by atoms with van der Waals surface area (Å²) in [6, 6.07) is 8.23. The van der Waals surface area contributed by atoms with Gasteiger partial charge >= 0.3 is 10.1 Å². The molecule has 2 heterocycles. The first-order valence-corrected chi connectivity index (χ1v) is 9.41. The number of aromatic amines is 1. The third-order valence-electron chi connectivity index (χ3n) is 4.11. The molecule has 1 amide bonds. The molecule has 0 saturated carbocycles. The summed E-state index contributed by atoms with van der Waals surface area (Å²) in [5.41, 5.74) is 1.36. The molecule has 1 N–H and O–H groups in total. The molecule has 0 bridgehead atoms. The second-order valence-corrected chi connectivity index (χ2v) is 7.33. The van der Waals surface area contributed by atoms with Gasteiger partial charge in [0.05, 0.1) is 0 Å². The Hall–Kier alpha value is -2.28. The first-order valence-electron chi connectivity index (χ1n) is 8.01. The third-order valence-corrected chi connectivity index (χ3v) is 5.33. The number of hydrogen-bond acceptors (Lipinski definition) is 4. The molecule has 6 nitrogen and oxygen atoms in total. The third kappa shape index (κ3) is 3.46. The summed E-state index contributed by atoms with van der Waals surface area (Å²) in [5, 5.41) is 0. The Morgan fingerprint density at radius 3 is 2.50 bits per heavy atom. The van der Waals surface area contributed by atoms with E-state index in [1.54, 1.807) is 17.0 Å². The van der Waals surface area contributed by atoms with Crippen LogP contribution in [-0.4, -0.2) is 37.3 Å². The molecule has 1 fully saturated rings. The molecule has 1 aliphatic rings. The summed E-state index contributed by atoms with van der Waals surface area (Å²) in [4.78, 5) is 16.7. The summed E-state index contributed by atoms with van der Waals surface area (Å²) in [6.45, 7) is 3.44. The highest BCUT2D eigenvalue weighted by atomic mass is 32.2. The molecule has 1 aromatic carbocycles. The van der Waals surface area contributed by atoms with Crippen LogP contribution in [0.5, 0.6) is 5.75 Å². The van der Waals surface area contributed by atoms with E-state index in [2.05, 4.69) is 4.98 Å². The zero-order valence-corrected chi connectivity index (χ0v) is 14.3. The maximum absolute atomic E-state index is 12.3. The van der Waals surface area contributed by atoms with E-state index in [-0.39, 0.29) is 22.2 Å². The number of nitrogens with one attached hydrogen (secondary N) is 1. The number of rotatable bonds is 5. The van der Waals surface area contributed by atoms with Gasteiger partial charge in [-0.3, -0.25) is 4.79 Å². The minimum Gasteiger partial charge on any atom is -0.379 e. The Morgan fingerprint density at radius 2 is 1.88 bits per heavy atom. The summed E-state index contributed by atoms with van der Waals surface area (Å²) in [6.07, 6.45) is 4.12. The van der Waals surface area contributed by atoms with E-state index in [1.165, 1.54) is 12.3 Å². The van der Waals surface area contributed by atoms with Gasteiger partial charge in [0.2, 0.25) is 0 Å². The fourth-order valence-electron chi connectivity index (χ4n) is 2.69. The number of benzene rings is 1. The van der Waals surface area contributed by atoms with Crippen LogP contribution in [0.25, 0.3) is 0 Å². The second kappa shape index (κ2) is 6.68. The van der Waals surface area contributed by atoms with E-state index in [4.69, 9.17) is 4.18 Å². The first kappa shape index (κ1) is 16.6. The Balaban J connectivity index is 1.75. The maximum atomic E-state index is 12.3. The molecule has 0 radical (unpaired) electrons. The first-order chi connectivity index (χ1) is 11.5. The zero-order chi connectivity index (χ0) is 17.2. The van der Waals surface area contributed by atoms with Crippen LogP contribution in [0.15, 0.2) is 41.4 Å². The lowest BCUT2D eigenvalue weighted by Crippen LogP contribution is -2.27. The van der Waals surface area contributed by atoms with Crippen LogP contribution in [0.4, 0.5) is 0 Å². The van der Waals surface area contributed by atoms with E-state index >= 15 is 0 Å². The topological polar surface area (TPSA) is 79.5 Å². The minimum absolute atomic E-state index is 0.0513. The van der Waals surface area contributed by atoms with Gasteiger partial charge in [-0.15, -0.1) is 0 Å². The molecule has 128 valence electrons. The van der Waals surface area contributed by atoms with Gasteiger partial charge in [-0.2, -0.15) is 8.42 Å². The monoisotopic (exact) mass is 348 g/mol. The number of H-pyrrole nitrogens is 1. The Labute approximate surface area is 141 Å². The molecule has 0 spiro atoms. The van der Waals surface area contributed by atoms with Crippen molar-refractivity contribution in [2.45, 2.75) is 31.1 Å². The normalized spacial score (nSPS) is 14.8. The highest BCUT2D eigenvalue weighted by Gasteiger charge is 2.24. The van der Waals surface area contributed by atoms with E-state index < -0.39 is 10.1 Å². The van der Waals surface area contributed by atoms with Gasteiger partial charge in [0.1, 0.15) is 16.3 Å². The number of aromatic nitrogens is 1. The lowest BCUT2D eigenvalue weighted by molar-refractivity contribution is 0.0787. The number of carbonyl (C=O) groups excluding carboxylic acids is 1. The molecule has 3 rings (SSSR count). The van der Waals surface area contributed by atoms with Crippen molar-refractivity contribution in [3.63, 3.8) is 0 Å². The second-order valence-electron chi connectivity index (χ2n) is 5.78. The summed E-state index contributed by atoms with van der Waals surface area (Å²) >= 11 is 0. The fourth-order valence-corrected chi connectivity index (χ4v) is 3.61. The van der Waals surface area contributed by atoms with E-state index in [0.717, 1.165) is 24.8 Å². The average Bonchev–Trinajstić information content (AvgIpc) is 3.26. The molecule has 2 aromatic rings. The van der Waals surface area contributed by atoms with Crippen molar-refractivity contribution < 1.29 is 17.4 Å². The quantitative estimate of drug-likeness (QED) is 0.842. The molecule has 1 aliphatic heterocycles. The zero-order valence-electron chi connectivity index (χ0n) is 13.5. The van der Waals surface area contributed by atoms with Crippen LogP contribution in [0.1, 0.15) is 35.8 Å². The SMILES string of the molecule is CCc1ccc(OS(=O)(=O)c2c[nH]c(C(=O)N3CCCC3)c2)cc1. The summed E-state index contributed by atoms with van der Waals surface area (Å²) in [7, 11) is -3.97. The fraction of sp³-hybridized carbons (Fsp3) is 0.353. The predicted molar refractivity (Wildman–Crippen MR) is 89.6 cm³/mol. The highest BCUT2D eigenvalue weighted by Crippen LogP contribution is 2.21. The van der Waals surface area contributed by atoms with Crippen LogP contribution in [-0.2, 0) is 16.5 Å². The van der Waals surface area contributed by atoms with Gasteiger partial charge in [0, 0.05) is 19.3 Å². The highest BCUT2D eigenvalue weighted by molar-refractivity contribution is 7.87. The number of hydrogen-bond donors (Lipinski definition) is 1. The number of amides is 1. The Bertz CT molecular complexity index is 819. The number of nitrogens with zero attached hydrogens (tertiary/aromatic N) is 1. The van der Waals surface area contributed by atoms with Crippen molar-refractivity contribution in [1.82, 2.24) is 9.88 Å². The van der Waals surface area contributed by atoms with E-state index in [9.17, 15) is 13.2 Å². The van der Waals surface area contributed by atoms with Gasteiger partial charge in [-0.25, -0.2) is 0 Å². The van der Waals surface area contributed by atoms with Crippen molar-refractivity contribution in [1.29, 1.82) is 0 Å². The van der Waals surface area contributed by atoms with Crippen LogP contribution in [0, 0.1) is 0 Å². The Kier molecular flexibility index (Phi) is 4.62. The van der Waals surface area contributed by atoms with Crippen molar-refractivity contribution in [3.8, 4) is 5.75 Å². The predicted octanol–water partition coefficient (Wildman–Crippen LogP) is 2.58. The number of likely N-dealkylation sites (tertiary alicyclic amines) is 1. The molecule has 1 aromatic heterocycles. The van der Waals surface area contributed by atoms with Gasteiger partial charge < -0.3 is 14.1 Å². The molecule has 7 heteroatoms. The van der Waals surface area contributed by atoms with Gasteiger partial charge in [0.25, 0.3) is 5.91 Å². The summed E-state index contributed by atoms with van der Waals surface area (Å²) < 4.78 is 29.8. The van der Waals surface area contributed by atoms with Crippen molar-refractivity contribution in [2.24, 2.45) is 0 Å². The van der Waals surface area contributed by atoms with Crippen molar-refractivity contribution in [2.75, 3.05) is 13.1 Å². The van der Waals surface area contributed by atoms with Crippen LogP contribution >= 0.6 is 0 Å². The number of carbonyl (C=O) groups is 1. The Morgan fingerprint density at radius 1 is 1.21 bits per heavy atom. The molecule has 0 aliphatic carbocycles. The smallest absolute Gasteiger partial charge is 0.340 e. The van der Waals surface area contributed by atoms with E-state index in [0.29, 0.717) is 13.1 Å². The van der Waals surface area contributed by atoms with Crippen LogP contribution < -0.4 is 4.18 Å². The lowest BCUT2D eigenvalue weighted by Gasteiger charge is -2.13. The van der Waals surface area contributed by atoms with Gasteiger partial charge in [0.15, 0.2) is 0 Å². The molecule has 24 heavy (non-hydrogen) atoms. The van der Waals surface area contributed by atoms with Crippen LogP contribution in [0.3, 0.4) is 0 Å². The van der Waals surface area contributed by atoms with Gasteiger partial charge in [-0.05, 0) is 43.0 Å². The lowest BCUT2D eigenvalue weighted by atomic mass is 10.2. The molecular formula is C17H20N2O4S. The molecule has 1 saturated heterocycles. The van der Waals surface area contributed by atoms with Crippen LogP contribution in [0.2, 0.25) is 0 Å².